The van der Waals surface area contributed by atoms with E-state index in [9.17, 15) is 0 Å². The molecule has 1 N–H and O–H groups in total. The van der Waals surface area contributed by atoms with Gasteiger partial charge in [-0.15, -0.1) is 0 Å². The smallest absolute Gasteiger partial charge is 0.161 e. The molecular formula is C12H12ClN3S. The van der Waals surface area contributed by atoms with Crippen molar-refractivity contribution in [2.45, 2.75) is 19.4 Å². The summed E-state index contributed by atoms with van der Waals surface area (Å²) in [6.45, 7) is 4.17. The number of nitrogens with one attached hydrogen (secondary N) is 1. The Kier molecular flexibility index (Phi) is 3.32. The minimum Gasteiger partial charge on any atom is -0.334 e. The summed E-state index contributed by atoms with van der Waals surface area (Å²) in [5.41, 5.74) is 1.28. The molecule has 1 aromatic rings. The van der Waals surface area contributed by atoms with Gasteiger partial charge in [0.15, 0.2) is 5.17 Å². The molecule has 0 spiro atoms. The summed E-state index contributed by atoms with van der Waals surface area (Å²) >= 11 is 7.73. The van der Waals surface area contributed by atoms with E-state index in [2.05, 4.69) is 30.2 Å². The van der Waals surface area contributed by atoms with Gasteiger partial charge in [-0.2, -0.15) is 5.26 Å². The second kappa shape index (κ2) is 4.59. The summed E-state index contributed by atoms with van der Waals surface area (Å²) in [6.07, 6.45) is 0. The van der Waals surface area contributed by atoms with Gasteiger partial charge in [-0.05, 0) is 32.0 Å². The molecule has 0 saturated carbocycles. The summed E-state index contributed by atoms with van der Waals surface area (Å²) < 4.78 is 0. The van der Waals surface area contributed by atoms with E-state index in [1.807, 2.05) is 0 Å². The molecule has 0 amide bonds. The van der Waals surface area contributed by atoms with Gasteiger partial charge in [-0.1, -0.05) is 23.4 Å². The van der Waals surface area contributed by atoms with Gasteiger partial charge in [0.2, 0.25) is 0 Å². The zero-order chi connectivity index (χ0) is 12.5. The van der Waals surface area contributed by atoms with E-state index in [4.69, 9.17) is 16.9 Å². The van der Waals surface area contributed by atoms with E-state index in [0.29, 0.717) is 10.6 Å². The van der Waals surface area contributed by atoms with Crippen LogP contribution in [0.5, 0.6) is 0 Å². The third-order valence-corrected chi connectivity index (χ3v) is 3.95. The van der Waals surface area contributed by atoms with Crippen LogP contribution >= 0.6 is 23.4 Å². The maximum Gasteiger partial charge on any atom is 0.161 e. The van der Waals surface area contributed by atoms with Gasteiger partial charge in [-0.3, -0.25) is 4.99 Å². The summed E-state index contributed by atoms with van der Waals surface area (Å²) in [4.78, 5) is 4.54. The number of nitrogens with zero attached hydrogens (tertiary/aromatic N) is 2. The number of nitriles is 1. The van der Waals surface area contributed by atoms with E-state index in [1.165, 1.54) is 0 Å². The van der Waals surface area contributed by atoms with Crippen molar-refractivity contribution in [2.75, 3.05) is 11.1 Å². The van der Waals surface area contributed by atoms with Crippen molar-refractivity contribution in [3.63, 3.8) is 0 Å². The molecule has 0 fully saturated rings. The second-order valence-electron chi connectivity index (χ2n) is 4.45. The average Bonchev–Trinajstić information content (AvgIpc) is 2.61. The molecule has 0 unspecified atom stereocenters. The van der Waals surface area contributed by atoms with Gasteiger partial charge >= 0.3 is 0 Å². The Morgan fingerprint density at radius 1 is 1.53 bits per heavy atom. The number of hydrogen-bond donors (Lipinski definition) is 1. The number of halogens is 1. The number of anilines is 1. The monoisotopic (exact) mass is 265 g/mol. The van der Waals surface area contributed by atoms with Crippen molar-refractivity contribution in [3.8, 4) is 6.07 Å². The molecule has 1 aliphatic rings. The highest BCUT2D eigenvalue weighted by molar-refractivity contribution is 8.14. The van der Waals surface area contributed by atoms with Crippen LogP contribution < -0.4 is 5.32 Å². The lowest BCUT2D eigenvalue weighted by atomic mass is 10.1. The Morgan fingerprint density at radius 3 is 2.88 bits per heavy atom. The molecule has 0 saturated heterocycles. The van der Waals surface area contributed by atoms with E-state index >= 15 is 0 Å². The lowest BCUT2D eigenvalue weighted by molar-refractivity contribution is 0.605. The van der Waals surface area contributed by atoms with Crippen LogP contribution in [0.4, 0.5) is 5.69 Å². The van der Waals surface area contributed by atoms with E-state index < -0.39 is 0 Å². The SMILES string of the molecule is CC1(C)CSC(Nc2cc(C#N)ccc2Cl)=N1. The summed E-state index contributed by atoms with van der Waals surface area (Å²) in [6, 6.07) is 7.23. The van der Waals surface area contributed by atoms with Gasteiger partial charge in [0, 0.05) is 5.75 Å². The Morgan fingerprint density at radius 2 is 2.29 bits per heavy atom. The summed E-state index contributed by atoms with van der Waals surface area (Å²) in [5.74, 6) is 0.949. The molecule has 0 aliphatic carbocycles. The Hall–Kier alpha value is -1.18. The third-order valence-electron chi connectivity index (χ3n) is 2.30. The van der Waals surface area contributed by atoms with Crippen LogP contribution in [-0.2, 0) is 0 Å². The number of rotatable bonds is 1. The highest BCUT2D eigenvalue weighted by Crippen LogP contribution is 2.30. The normalized spacial score (nSPS) is 17.4. The highest BCUT2D eigenvalue weighted by atomic mass is 35.5. The van der Waals surface area contributed by atoms with Crippen LogP contribution in [0.2, 0.25) is 5.02 Å². The van der Waals surface area contributed by atoms with Crippen molar-refractivity contribution in [1.29, 1.82) is 5.26 Å². The zero-order valence-electron chi connectivity index (χ0n) is 9.62. The molecule has 0 atom stereocenters. The predicted molar refractivity (Wildman–Crippen MR) is 73.8 cm³/mol. The molecule has 1 heterocycles. The summed E-state index contributed by atoms with van der Waals surface area (Å²) in [5, 5.41) is 13.5. The van der Waals surface area contributed by atoms with Gasteiger partial charge in [-0.25, -0.2) is 0 Å². The molecule has 0 aromatic heterocycles. The fourth-order valence-electron chi connectivity index (χ4n) is 1.45. The number of benzene rings is 1. The van der Waals surface area contributed by atoms with E-state index in [1.54, 1.807) is 30.0 Å². The first kappa shape index (κ1) is 12.3. The molecule has 17 heavy (non-hydrogen) atoms. The maximum absolute atomic E-state index is 8.84. The van der Waals surface area contributed by atoms with Crippen LogP contribution in [0.25, 0.3) is 0 Å². The lowest BCUT2D eigenvalue weighted by Crippen LogP contribution is -2.15. The molecule has 88 valence electrons. The topological polar surface area (TPSA) is 48.2 Å². The van der Waals surface area contributed by atoms with Crippen molar-refractivity contribution < 1.29 is 0 Å². The first-order valence-electron chi connectivity index (χ1n) is 5.19. The summed E-state index contributed by atoms with van der Waals surface area (Å²) in [7, 11) is 0. The van der Waals surface area contributed by atoms with Crippen LogP contribution in [0.3, 0.4) is 0 Å². The lowest BCUT2D eigenvalue weighted by Gasteiger charge is -2.09. The number of aliphatic imine (C=N–C) groups is 1. The maximum atomic E-state index is 8.84. The molecule has 1 aliphatic heterocycles. The van der Waals surface area contributed by atoms with Crippen LogP contribution in [0.15, 0.2) is 23.2 Å². The number of amidine groups is 1. The molecule has 5 heteroatoms. The Bertz CT molecular complexity index is 517. The van der Waals surface area contributed by atoms with Crippen LogP contribution in [0.1, 0.15) is 19.4 Å². The van der Waals surface area contributed by atoms with Crippen molar-refractivity contribution >= 4 is 34.2 Å². The van der Waals surface area contributed by atoms with Gasteiger partial charge in [0.05, 0.1) is 27.9 Å². The van der Waals surface area contributed by atoms with Crippen LogP contribution in [-0.4, -0.2) is 16.5 Å². The van der Waals surface area contributed by atoms with Crippen LogP contribution in [0, 0.1) is 11.3 Å². The fraction of sp³-hybridized carbons (Fsp3) is 0.333. The number of thioether (sulfide) groups is 1. The third kappa shape index (κ3) is 2.93. The molecule has 3 nitrogen and oxygen atoms in total. The predicted octanol–water partition coefficient (Wildman–Crippen LogP) is 3.50. The standard InChI is InChI=1S/C12H12ClN3S/c1-12(2)7-17-11(16-12)15-10-5-8(6-14)3-4-9(10)13/h3-5H,7H2,1-2H3,(H,15,16). The quantitative estimate of drug-likeness (QED) is 0.845. The Labute approximate surface area is 110 Å². The minimum absolute atomic E-state index is 0.0354. The first-order valence-corrected chi connectivity index (χ1v) is 6.56. The largest absolute Gasteiger partial charge is 0.334 e. The fourth-order valence-corrected chi connectivity index (χ4v) is 2.67. The zero-order valence-corrected chi connectivity index (χ0v) is 11.2. The second-order valence-corrected chi connectivity index (χ2v) is 5.82. The van der Waals surface area contributed by atoms with E-state index in [0.717, 1.165) is 16.6 Å². The average molecular weight is 266 g/mol. The molecule has 1 aromatic carbocycles. The first-order chi connectivity index (χ1) is 8.00. The van der Waals surface area contributed by atoms with Crippen molar-refractivity contribution in [1.82, 2.24) is 0 Å². The Balaban J connectivity index is 2.23. The molecule has 0 radical (unpaired) electrons. The van der Waals surface area contributed by atoms with E-state index in [-0.39, 0.29) is 5.54 Å². The van der Waals surface area contributed by atoms with Crippen molar-refractivity contribution in [3.05, 3.63) is 28.8 Å². The molecular weight excluding hydrogens is 254 g/mol. The van der Waals surface area contributed by atoms with Gasteiger partial charge in [0.25, 0.3) is 0 Å². The highest BCUT2D eigenvalue weighted by Gasteiger charge is 2.25. The number of hydrogen-bond acceptors (Lipinski definition) is 4. The van der Waals surface area contributed by atoms with Crippen molar-refractivity contribution in [2.24, 2.45) is 4.99 Å². The van der Waals surface area contributed by atoms with Gasteiger partial charge in [0.1, 0.15) is 0 Å². The molecule has 0 bridgehead atoms. The van der Waals surface area contributed by atoms with Gasteiger partial charge < -0.3 is 5.32 Å². The molecule has 2 rings (SSSR count). The minimum atomic E-state index is -0.0354.